The normalized spacial score (nSPS) is 14.7. The number of ether oxygens (including phenoxy) is 3. The second-order valence-corrected chi connectivity index (χ2v) is 8.16. The van der Waals surface area contributed by atoms with Crippen LogP contribution in [0.15, 0.2) is 30.3 Å². The van der Waals surface area contributed by atoms with Gasteiger partial charge in [0.15, 0.2) is 11.5 Å². The van der Waals surface area contributed by atoms with Gasteiger partial charge in [-0.1, -0.05) is 40.9 Å². The van der Waals surface area contributed by atoms with E-state index < -0.39 is 0 Å². The Balaban J connectivity index is 1.61. The van der Waals surface area contributed by atoms with Gasteiger partial charge in [-0.25, -0.2) is 0 Å². The third-order valence-corrected chi connectivity index (χ3v) is 5.93. The lowest BCUT2D eigenvalue weighted by Gasteiger charge is -2.26. The molecule has 1 N–H and O–H groups in total. The Morgan fingerprint density at radius 2 is 1.70 bits per heavy atom. The Bertz CT molecular complexity index is 809. The molecule has 0 unspecified atom stereocenters. The van der Waals surface area contributed by atoms with Crippen molar-refractivity contribution in [2.24, 2.45) is 0 Å². The van der Waals surface area contributed by atoms with Crippen LogP contribution < -0.4 is 14.8 Å². The standard InChI is InChI=1S/C22H27Cl3N2O3/c1-2-29-21-12-16(14-26-6-7-27-8-10-28-11-9-27)20(25)13-22(21)30-15-17-18(23)4-3-5-19(17)24/h3-5,12-13,26H,2,6-11,14-15H2,1H3. The van der Waals surface area contributed by atoms with Gasteiger partial charge in [-0.3, -0.25) is 4.90 Å². The summed E-state index contributed by atoms with van der Waals surface area (Å²) in [7, 11) is 0. The number of hydrogen-bond acceptors (Lipinski definition) is 5. The first-order valence-electron chi connectivity index (χ1n) is 10.1. The predicted octanol–water partition coefficient (Wildman–Crippen LogP) is 5.05. The number of rotatable bonds is 10. The zero-order chi connectivity index (χ0) is 21.3. The number of benzene rings is 2. The zero-order valence-corrected chi connectivity index (χ0v) is 19.3. The quantitative estimate of drug-likeness (QED) is 0.489. The highest BCUT2D eigenvalue weighted by Crippen LogP contribution is 2.35. The minimum Gasteiger partial charge on any atom is -0.490 e. The molecular weight excluding hydrogens is 447 g/mol. The second-order valence-electron chi connectivity index (χ2n) is 6.94. The third kappa shape index (κ3) is 6.64. The summed E-state index contributed by atoms with van der Waals surface area (Å²) in [5.74, 6) is 1.21. The molecule has 2 aromatic rings. The van der Waals surface area contributed by atoms with Crippen molar-refractivity contribution < 1.29 is 14.2 Å². The fourth-order valence-corrected chi connectivity index (χ4v) is 3.93. The first kappa shape index (κ1) is 23.5. The molecule has 1 fully saturated rings. The molecular formula is C22H27Cl3N2O3. The van der Waals surface area contributed by atoms with Gasteiger partial charge in [0.1, 0.15) is 6.61 Å². The van der Waals surface area contributed by atoms with E-state index in [0.29, 0.717) is 39.7 Å². The van der Waals surface area contributed by atoms with Crippen molar-refractivity contribution in [3.8, 4) is 11.5 Å². The van der Waals surface area contributed by atoms with E-state index >= 15 is 0 Å². The maximum absolute atomic E-state index is 6.52. The molecule has 0 amide bonds. The van der Waals surface area contributed by atoms with Crippen molar-refractivity contribution in [3.05, 3.63) is 56.5 Å². The molecule has 2 aromatic carbocycles. The number of halogens is 3. The van der Waals surface area contributed by atoms with Crippen LogP contribution in [0.4, 0.5) is 0 Å². The van der Waals surface area contributed by atoms with Gasteiger partial charge in [-0.05, 0) is 30.7 Å². The molecule has 1 aliphatic rings. The second kappa shape index (κ2) is 12.0. The molecule has 1 saturated heterocycles. The molecule has 0 atom stereocenters. The topological polar surface area (TPSA) is 43.0 Å². The van der Waals surface area contributed by atoms with E-state index in [1.807, 2.05) is 13.0 Å². The van der Waals surface area contributed by atoms with Crippen LogP contribution in [0.5, 0.6) is 11.5 Å². The first-order chi connectivity index (χ1) is 14.6. The van der Waals surface area contributed by atoms with Crippen molar-refractivity contribution in [2.45, 2.75) is 20.1 Å². The molecule has 30 heavy (non-hydrogen) atoms. The lowest BCUT2D eigenvalue weighted by atomic mass is 10.2. The van der Waals surface area contributed by atoms with Gasteiger partial charge in [-0.15, -0.1) is 0 Å². The molecule has 0 aromatic heterocycles. The monoisotopic (exact) mass is 472 g/mol. The number of nitrogens with zero attached hydrogens (tertiary/aromatic N) is 1. The molecule has 0 saturated carbocycles. The summed E-state index contributed by atoms with van der Waals surface area (Å²) in [5, 5.41) is 5.20. The Labute approximate surface area is 193 Å². The zero-order valence-electron chi connectivity index (χ0n) is 17.1. The van der Waals surface area contributed by atoms with Crippen LogP contribution >= 0.6 is 34.8 Å². The largest absolute Gasteiger partial charge is 0.490 e. The average molecular weight is 474 g/mol. The SMILES string of the molecule is CCOc1cc(CNCCN2CCOCC2)c(Cl)cc1OCc1c(Cl)cccc1Cl. The Morgan fingerprint density at radius 1 is 1.00 bits per heavy atom. The highest BCUT2D eigenvalue weighted by Gasteiger charge is 2.14. The molecule has 0 bridgehead atoms. The van der Waals surface area contributed by atoms with Crippen LogP contribution in [0.2, 0.25) is 15.1 Å². The van der Waals surface area contributed by atoms with Crippen LogP contribution in [-0.4, -0.2) is 50.9 Å². The molecule has 1 aliphatic heterocycles. The van der Waals surface area contributed by atoms with Crippen LogP contribution in [0.1, 0.15) is 18.1 Å². The summed E-state index contributed by atoms with van der Waals surface area (Å²) in [6.45, 7) is 8.79. The third-order valence-electron chi connectivity index (χ3n) is 4.87. The van der Waals surface area contributed by atoms with Gasteiger partial charge in [0.05, 0.1) is 19.8 Å². The van der Waals surface area contributed by atoms with Crippen molar-refractivity contribution >= 4 is 34.8 Å². The maximum atomic E-state index is 6.52. The van der Waals surface area contributed by atoms with Crippen LogP contribution in [0.25, 0.3) is 0 Å². The molecule has 1 heterocycles. The highest BCUT2D eigenvalue weighted by atomic mass is 35.5. The number of hydrogen-bond donors (Lipinski definition) is 1. The molecule has 0 spiro atoms. The fraction of sp³-hybridized carbons (Fsp3) is 0.455. The maximum Gasteiger partial charge on any atom is 0.163 e. The Morgan fingerprint density at radius 3 is 2.40 bits per heavy atom. The molecule has 8 heteroatoms. The van der Waals surface area contributed by atoms with E-state index in [4.69, 9.17) is 49.0 Å². The van der Waals surface area contributed by atoms with Crippen LogP contribution in [0, 0.1) is 0 Å². The van der Waals surface area contributed by atoms with Crippen molar-refractivity contribution in [3.63, 3.8) is 0 Å². The summed E-state index contributed by atoms with van der Waals surface area (Å²) < 4.78 is 17.1. The molecule has 0 aliphatic carbocycles. The van der Waals surface area contributed by atoms with Gasteiger partial charge in [0, 0.05) is 59.4 Å². The van der Waals surface area contributed by atoms with E-state index in [2.05, 4.69) is 10.2 Å². The van der Waals surface area contributed by atoms with Crippen molar-refractivity contribution in [1.82, 2.24) is 10.2 Å². The summed E-state index contributed by atoms with van der Waals surface area (Å²) >= 11 is 19.0. The minimum atomic E-state index is 0.228. The summed E-state index contributed by atoms with van der Waals surface area (Å²) in [6, 6.07) is 9.09. The number of nitrogens with one attached hydrogen (secondary N) is 1. The average Bonchev–Trinajstić information content (AvgIpc) is 2.74. The van der Waals surface area contributed by atoms with E-state index in [0.717, 1.165) is 50.5 Å². The molecule has 164 valence electrons. The lowest BCUT2D eigenvalue weighted by molar-refractivity contribution is 0.0384. The van der Waals surface area contributed by atoms with Gasteiger partial charge in [0.2, 0.25) is 0 Å². The van der Waals surface area contributed by atoms with Gasteiger partial charge in [-0.2, -0.15) is 0 Å². The van der Waals surface area contributed by atoms with Crippen LogP contribution in [-0.2, 0) is 17.9 Å². The molecule has 5 nitrogen and oxygen atoms in total. The van der Waals surface area contributed by atoms with E-state index in [-0.39, 0.29) is 6.61 Å². The van der Waals surface area contributed by atoms with E-state index in [1.165, 1.54) is 0 Å². The summed E-state index contributed by atoms with van der Waals surface area (Å²) in [5.41, 5.74) is 1.69. The van der Waals surface area contributed by atoms with E-state index in [9.17, 15) is 0 Å². The predicted molar refractivity (Wildman–Crippen MR) is 122 cm³/mol. The highest BCUT2D eigenvalue weighted by molar-refractivity contribution is 6.36. The van der Waals surface area contributed by atoms with Gasteiger partial charge < -0.3 is 19.5 Å². The number of morpholine rings is 1. The van der Waals surface area contributed by atoms with Gasteiger partial charge >= 0.3 is 0 Å². The Kier molecular flexibility index (Phi) is 9.37. The van der Waals surface area contributed by atoms with E-state index in [1.54, 1.807) is 24.3 Å². The summed E-state index contributed by atoms with van der Waals surface area (Å²) in [4.78, 5) is 2.39. The Hall–Kier alpha value is -1.21. The fourth-order valence-electron chi connectivity index (χ4n) is 3.20. The summed E-state index contributed by atoms with van der Waals surface area (Å²) in [6.07, 6.45) is 0. The smallest absolute Gasteiger partial charge is 0.163 e. The van der Waals surface area contributed by atoms with Crippen LogP contribution in [0.3, 0.4) is 0 Å². The van der Waals surface area contributed by atoms with Crippen molar-refractivity contribution in [1.29, 1.82) is 0 Å². The molecule has 3 rings (SSSR count). The lowest BCUT2D eigenvalue weighted by Crippen LogP contribution is -2.40. The van der Waals surface area contributed by atoms with Gasteiger partial charge in [0.25, 0.3) is 0 Å². The molecule has 0 radical (unpaired) electrons. The minimum absolute atomic E-state index is 0.228. The van der Waals surface area contributed by atoms with Crippen molar-refractivity contribution in [2.75, 3.05) is 46.0 Å². The first-order valence-corrected chi connectivity index (χ1v) is 11.2.